The largest absolute Gasteiger partial charge is 0.353 e. The number of ketones is 1. The zero-order chi connectivity index (χ0) is 14.7. The van der Waals surface area contributed by atoms with E-state index >= 15 is 0 Å². The molecule has 1 aromatic heterocycles. The quantitative estimate of drug-likeness (QED) is 0.510. The first-order chi connectivity index (χ1) is 9.49. The van der Waals surface area contributed by atoms with Crippen molar-refractivity contribution in [3.8, 4) is 0 Å². The zero-order valence-electron chi connectivity index (χ0n) is 12.0. The first kappa shape index (κ1) is 14.7. The summed E-state index contributed by atoms with van der Waals surface area (Å²) in [7, 11) is 1.96. The van der Waals surface area contributed by atoms with Gasteiger partial charge in [0.2, 0.25) is 0 Å². The van der Waals surface area contributed by atoms with Crippen LogP contribution in [-0.4, -0.2) is 40.2 Å². The van der Waals surface area contributed by atoms with E-state index < -0.39 is 4.92 Å². The van der Waals surface area contributed by atoms with Gasteiger partial charge in [-0.1, -0.05) is 19.8 Å². The minimum Gasteiger partial charge on any atom is -0.353 e. The van der Waals surface area contributed by atoms with Crippen molar-refractivity contribution in [3.63, 3.8) is 0 Å². The van der Waals surface area contributed by atoms with Crippen molar-refractivity contribution in [1.29, 1.82) is 0 Å². The maximum atomic E-state index is 12.1. The lowest BCUT2D eigenvalue weighted by atomic mass is 9.85. The third kappa shape index (κ3) is 3.25. The number of H-pyrrole nitrogens is 1. The maximum absolute atomic E-state index is 12.1. The van der Waals surface area contributed by atoms with E-state index in [0.717, 1.165) is 6.42 Å². The molecule has 0 spiro atoms. The van der Waals surface area contributed by atoms with Crippen LogP contribution in [0.25, 0.3) is 0 Å². The molecule has 2 unspecified atom stereocenters. The molecule has 0 aliphatic heterocycles. The Kier molecular flexibility index (Phi) is 4.54. The summed E-state index contributed by atoms with van der Waals surface area (Å²) in [6.07, 6.45) is 6.06. The first-order valence-electron chi connectivity index (χ1n) is 7.05. The van der Waals surface area contributed by atoms with Crippen molar-refractivity contribution in [2.45, 2.75) is 38.6 Å². The smallest absolute Gasteiger partial charge is 0.287 e. The van der Waals surface area contributed by atoms with Crippen molar-refractivity contribution in [3.05, 3.63) is 28.1 Å². The van der Waals surface area contributed by atoms with Crippen molar-refractivity contribution >= 4 is 11.5 Å². The fraction of sp³-hybridized carbons (Fsp3) is 0.643. The highest BCUT2D eigenvalue weighted by atomic mass is 16.6. The topological polar surface area (TPSA) is 79.2 Å². The number of aromatic amines is 1. The second kappa shape index (κ2) is 6.17. The number of rotatable bonds is 5. The molecule has 1 fully saturated rings. The van der Waals surface area contributed by atoms with Crippen LogP contribution >= 0.6 is 0 Å². The summed E-state index contributed by atoms with van der Waals surface area (Å²) < 4.78 is 0. The van der Waals surface area contributed by atoms with Gasteiger partial charge in [-0.05, 0) is 25.8 Å². The number of hydrogen-bond acceptors (Lipinski definition) is 4. The number of hydrogen-bond donors (Lipinski definition) is 1. The van der Waals surface area contributed by atoms with Gasteiger partial charge in [0.05, 0.1) is 23.4 Å². The molecule has 110 valence electrons. The van der Waals surface area contributed by atoms with Gasteiger partial charge in [0.1, 0.15) is 0 Å². The van der Waals surface area contributed by atoms with Crippen LogP contribution in [0.3, 0.4) is 0 Å². The fourth-order valence-corrected chi connectivity index (χ4v) is 3.03. The fourth-order valence-electron chi connectivity index (χ4n) is 3.03. The number of likely N-dealkylation sites (N-methyl/N-ethyl adjacent to an activating group) is 1. The summed E-state index contributed by atoms with van der Waals surface area (Å²) in [5.41, 5.74) is 0.244. The van der Waals surface area contributed by atoms with Gasteiger partial charge < -0.3 is 4.98 Å². The van der Waals surface area contributed by atoms with Crippen LogP contribution in [0.4, 0.5) is 5.69 Å². The summed E-state index contributed by atoms with van der Waals surface area (Å²) in [6.45, 7) is 2.52. The Hall–Kier alpha value is -1.69. The van der Waals surface area contributed by atoms with E-state index in [1.807, 2.05) is 7.05 Å². The molecular weight excluding hydrogens is 258 g/mol. The lowest BCUT2D eigenvalue weighted by Gasteiger charge is -2.35. The van der Waals surface area contributed by atoms with E-state index in [1.165, 1.54) is 31.5 Å². The molecule has 2 rings (SSSR count). The highest BCUT2D eigenvalue weighted by Crippen LogP contribution is 2.27. The van der Waals surface area contributed by atoms with Gasteiger partial charge in [0.25, 0.3) is 5.69 Å². The van der Waals surface area contributed by atoms with Gasteiger partial charge in [-0.15, -0.1) is 0 Å². The summed E-state index contributed by atoms with van der Waals surface area (Å²) in [4.78, 5) is 27.0. The van der Waals surface area contributed by atoms with E-state index in [9.17, 15) is 14.9 Å². The van der Waals surface area contributed by atoms with Gasteiger partial charge in [-0.2, -0.15) is 0 Å². The van der Waals surface area contributed by atoms with E-state index in [4.69, 9.17) is 0 Å². The molecule has 0 amide bonds. The predicted octanol–water partition coefficient (Wildman–Crippen LogP) is 2.62. The minimum atomic E-state index is -0.500. The lowest BCUT2D eigenvalue weighted by Crippen LogP contribution is -2.41. The average molecular weight is 279 g/mol. The van der Waals surface area contributed by atoms with Crippen molar-refractivity contribution < 1.29 is 9.72 Å². The van der Waals surface area contributed by atoms with Crippen LogP contribution in [0.5, 0.6) is 0 Å². The molecule has 1 aromatic rings. The molecule has 0 radical (unpaired) electrons. The van der Waals surface area contributed by atoms with Gasteiger partial charge in [0.15, 0.2) is 5.78 Å². The molecule has 0 saturated heterocycles. The van der Waals surface area contributed by atoms with Gasteiger partial charge in [-0.3, -0.25) is 19.8 Å². The Labute approximate surface area is 118 Å². The number of nitrogens with zero attached hydrogens (tertiary/aromatic N) is 2. The normalized spacial score (nSPS) is 22.9. The third-order valence-corrected chi connectivity index (χ3v) is 4.20. The van der Waals surface area contributed by atoms with E-state index in [0.29, 0.717) is 24.2 Å². The highest BCUT2D eigenvalue weighted by molar-refractivity contribution is 5.96. The third-order valence-electron chi connectivity index (χ3n) is 4.20. The summed E-state index contributed by atoms with van der Waals surface area (Å²) in [6, 6.07) is 1.73. The monoisotopic (exact) mass is 279 g/mol. The first-order valence-corrected chi connectivity index (χ1v) is 7.05. The Morgan fingerprint density at radius 1 is 1.50 bits per heavy atom. The Bertz CT molecular complexity index is 498. The summed E-state index contributed by atoms with van der Waals surface area (Å²) in [5.74, 6) is 0.498. The SMILES string of the molecule is CC1CCCCC1N(C)CC(=O)c1cc([N+](=O)[O-])c[nH]1. The Balaban J connectivity index is 1.97. The highest BCUT2D eigenvalue weighted by Gasteiger charge is 2.26. The molecule has 1 aliphatic rings. The minimum absolute atomic E-state index is 0.0676. The Morgan fingerprint density at radius 3 is 2.80 bits per heavy atom. The molecular formula is C14H21N3O3. The van der Waals surface area contributed by atoms with Gasteiger partial charge in [0, 0.05) is 12.1 Å². The predicted molar refractivity (Wildman–Crippen MR) is 75.8 cm³/mol. The second-order valence-electron chi connectivity index (χ2n) is 5.70. The van der Waals surface area contributed by atoms with Crippen LogP contribution < -0.4 is 0 Å². The van der Waals surface area contributed by atoms with Crippen LogP contribution in [-0.2, 0) is 0 Å². The number of carbonyl (C=O) groups excluding carboxylic acids is 1. The number of nitrogens with one attached hydrogen (secondary N) is 1. The molecule has 1 saturated carbocycles. The number of Topliss-reactive ketones (excluding diaryl/α,β-unsaturated/α-hetero) is 1. The molecule has 6 heteroatoms. The van der Waals surface area contributed by atoms with Crippen LogP contribution in [0.15, 0.2) is 12.3 Å². The maximum Gasteiger partial charge on any atom is 0.287 e. The van der Waals surface area contributed by atoms with Gasteiger partial charge in [-0.25, -0.2) is 0 Å². The van der Waals surface area contributed by atoms with E-state index in [-0.39, 0.29) is 11.5 Å². The number of aromatic nitrogens is 1. The van der Waals surface area contributed by atoms with Crippen LogP contribution in [0.2, 0.25) is 0 Å². The summed E-state index contributed by atoms with van der Waals surface area (Å²) >= 11 is 0. The van der Waals surface area contributed by atoms with Crippen LogP contribution in [0, 0.1) is 16.0 Å². The standard InChI is InChI=1S/C14H21N3O3/c1-10-5-3-4-6-13(10)16(2)9-14(18)12-7-11(8-15-12)17(19)20/h7-8,10,13,15H,3-6,9H2,1-2H3. The zero-order valence-corrected chi connectivity index (χ0v) is 12.0. The lowest BCUT2D eigenvalue weighted by molar-refractivity contribution is -0.384. The molecule has 0 bridgehead atoms. The van der Waals surface area contributed by atoms with Gasteiger partial charge >= 0.3 is 0 Å². The summed E-state index contributed by atoms with van der Waals surface area (Å²) in [5, 5.41) is 10.6. The molecule has 1 aliphatic carbocycles. The van der Waals surface area contributed by atoms with E-state index in [1.54, 1.807) is 0 Å². The van der Waals surface area contributed by atoms with Crippen molar-refractivity contribution in [1.82, 2.24) is 9.88 Å². The molecule has 20 heavy (non-hydrogen) atoms. The van der Waals surface area contributed by atoms with E-state index in [2.05, 4.69) is 16.8 Å². The molecule has 1 heterocycles. The molecule has 6 nitrogen and oxygen atoms in total. The number of nitro groups is 1. The van der Waals surface area contributed by atoms with Crippen molar-refractivity contribution in [2.75, 3.05) is 13.6 Å². The Morgan fingerprint density at radius 2 is 2.20 bits per heavy atom. The molecule has 0 aromatic carbocycles. The van der Waals surface area contributed by atoms with Crippen molar-refractivity contribution in [2.24, 2.45) is 5.92 Å². The van der Waals surface area contributed by atoms with Crippen LogP contribution in [0.1, 0.15) is 43.1 Å². The number of carbonyl (C=O) groups is 1. The molecule has 1 N–H and O–H groups in total. The second-order valence-corrected chi connectivity index (χ2v) is 5.70. The molecule has 2 atom stereocenters. The average Bonchev–Trinajstić information content (AvgIpc) is 2.88.